The van der Waals surface area contributed by atoms with Crippen molar-refractivity contribution in [2.75, 3.05) is 20.3 Å². The molecule has 2 aliphatic rings. The number of likely N-dealkylation sites (tertiary alicyclic amines) is 1. The molecule has 0 bridgehead atoms. The van der Waals surface area contributed by atoms with E-state index in [-0.39, 0.29) is 35.4 Å². The fraction of sp³-hybridized carbons (Fsp3) is 0.419. The number of rotatable bonds is 9. The average Bonchev–Trinajstić information content (AvgIpc) is 3.31. The van der Waals surface area contributed by atoms with Gasteiger partial charge in [0.2, 0.25) is 5.91 Å². The summed E-state index contributed by atoms with van der Waals surface area (Å²) in [5.74, 6) is -0.485. The second kappa shape index (κ2) is 11.5. The molecule has 8 nitrogen and oxygen atoms in total. The van der Waals surface area contributed by atoms with Crippen LogP contribution in [0.4, 0.5) is 0 Å². The molecular weight excluding hydrogens is 492 g/mol. The molecule has 206 valence electrons. The van der Waals surface area contributed by atoms with Crippen molar-refractivity contribution in [3.63, 3.8) is 0 Å². The number of carbonyl (C=O) groups is 2. The van der Waals surface area contributed by atoms with Crippen LogP contribution in [0.15, 0.2) is 66.0 Å². The highest BCUT2D eigenvalue weighted by atomic mass is 16.5. The average molecular weight is 531 g/mol. The molecule has 1 aromatic carbocycles. The lowest BCUT2D eigenvalue weighted by Crippen LogP contribution is -2.58. The van der Waals surface area contributed by atoms with Gasteiger partial charge in [0.05, 0.1) is 24.4 Å². The molecule has 0 radical (unpaired) electrons. The van der Waals surface area contributed by atoms with Gasteiger partial charge in [0.1, 0.15) is 0 Å². The van der Waals surface area contributed by atoms with E-state index >= 15 is 0 Å². The van der Waals surface area contributed by atoms with Gasteiger partial charge in [-0.2, -0.15) is 5.10 Å². The van der Waals surface area contributed by atoms with Crippen LogP contribution in [0.5, 0.6) is 0 Å². The number of benzene rings is 1. The molecule has 0 spiro atoms. The van der Waals surface area contributed by atoms with Crippen molar-refractivity contribution < 1.29 is 14.3 Å². The number of ether oxygens (including phenoxy) is 1. The van der Waals surface area contributed by atoms with E-state index in [1.807, 2.05) is 43.0 Å². The Morgan fingerprint density at radius 1 is 1.26 bits per heavy atom. The summed E-state index contributed by atoms with van der Waals surface area (Å²) in [6.07, 6.45) is 13.0. The summed E-state index contributed by atoms with van der Waals surface area (Å²) in [6.45, 7) is 10.2. The number of nitrogens with zero attached hydrogens (tertiary/aromatic N) is 2. The number of aromatic nitrogens is 2. The molecular formula is C31H38N4O4. The lowest BCUT2D eigenvalue weighted by Gasteiger charge is -2.45. The van der Waals surface area contributed by atoms with Crippen molar-refractivity contribution in [1.82, 2.24) is 20.4 Å². The van der Waals surface area contributed by atoms with Gasteiger partial charge in [-0.15, -0.1) is 6.58 Å². The lowest BCUT2D eigenvalue weighted by molar-refractivity contribution is -0.139. The number of H-pyrrole nitrogens is 1. The molecule has 1 aliphatic carbocycles. The summed E-state index contributed by atoms with van der Waals surface area (Å²) < 4.78 is 5.54. The van der Waals surface area contributed by atoms with Gasteiger partial charge in [-0.05, 0) is 62.4 Å². The maximum absolute atomic E-state index is 13.7. The second-order valence-corrected chi connectivity index (χ2v) is 10.9. The minimum absolute atomic E-state index is 0.0437. The van der Waals surface area contributed by atoms with Crippen LogP contribution in [-0.2, 0) is 16.0 Å². The zero-order chi connectivity index (χ0) is 28.2. The van der Waals surface area contributed by atoms with Crippen molar-refractivity contribution in [1.29, 1.82) is 0 Å². The summed E-state index contributed by atoms with van der Waals surface area (Å²) in [7, 11) is 1.63. The molecule has 1 fully saturated rings. The lowest BCUT2D eigenvalue weighted by atomic mass is 9.76. The summed E-state index contributed by atoms with van der Waals surface area (Å²) in [6, 6.07) is 7.08. The summed E-state index contributed by atoms with van der Waals surface area (Å²) in [5.41, 5.74) is 2.58. The number of allylic oxidation sites excluding steroid dienone is 3. The van der Waals surface area contributed by atoms with Crippen LogP contribution in [0.1, 0.15) is 58.9 Å². The number of aryl methyl sites for hydroxylation is 2. The largest absolute Gasteiger partial charge is 0.382 e. The highest BCUT2D eigenvalue weighted by molar-refractivity contribution is 5.97. The number of nitrogens with one attached hydrogen (secondary N) is 2. The Kier molecular flexibility index (Phi) is 8.35. The van der Waals surface area contributed by atoms with Crippen LogP contribution in [0.2, 0.25) is 0 Å². The van der Waals surface area contributed by atoms with Crippen LogP contribution in [0.25, 0.3) is 0 Å². The molecule has 1 aliphatic heterocycles. The number of hydrogen-bond acceptors (Lipinski definition) is 5. The zero-order valence-corrected chi connectivity index (χ0v) is 23.3. The third-order valence-electron chi connectivity index (χ3n) is 8.12. The molecule has 3 atom stereocenters. The smallest absolute Gasteiger partial charge is 0.267 e. The molecule has 2 aromatic rings. The first kappa shape index (κ1) is 28.2. The van der Waals surface area contributed by atoms with Crippen molar-refractivity contribution in [3.05, 3.63) is 99.5 Å². The fourth-order valence-corrected chi connectivity index (χ4v) is 5.91. The Morgan fingerprint density at radius 2 is 2.05 bits per heavy atom. The molecule has 1 saturated heterocycles. The number of amides is 2. The minimum atomic E-state index is -0.624. The van der Waals surface area contributed by atoms with Gasteiger partial charge in [-0.1, -0.05) is 43.4 Å². The van der Waals surface area contributed by atoms with Crippen molar-refractivity contribution in [2.45, 2.75) is 58.0 Å². The van der Waals surface area contributed by atoms with Gasteiger partial charge in [0, 0.05) is 36.1 Å². The maximum atomic E-state index is 13.7. The predicted molar refractivity (Wildman–Crippen MR) is 152 cm³/mol. The highest BCUT2D eigenvalue weighted by Gasteiger charge is 2.52. The minimum Gasteiger partial charge on any atom is -0.382 e. The molecule has 39 heavy (non-hydrogen) atoms. The second-order valence-electron chi connectivity index (χ2n) is 10.9. The first-order chi connectivity index (χ1) is 18.6. The van der Waals surface area contributed by atoms with Gasteiger partial charge in [0.15, 0.2) is 0 Å². The maximum Gasteiger partial charge on any atom is 0.267 e. The van der Waals surface area contributed by atoms with Gasteiger partial charge >= 0.3 is 0 Å². The van der Waals surface area contributed by atoms with Gasteiger partial charge < -0.3 is 15.0 Å². The van der Waals surface area contributed by atoms with E-state index in [1.165, 1.54) is 0 Å². The van der Waals surface area contributed by atoms with E-state index in [0.29, 0.717) is 24.2 Å². The van der Waals surface area contributed by atoms with Crippen LogP contribution >= 0.6 is 0 Å². The van der Waals surface area contributed by atoms with Crippen LogP contribution in [0.3, 0.4) is 0 Å². The molecule has 8 heteroatoms. The first-order valence-corrected chi connectivity index (χ1v) is 13.3. The number of carbonyl (C=O) groups excluding carboxylic acids is 2. The molecule has 2 heterocycles. The molecule has 1 aromatic heterocycles. The predicted octanol–water partition coefficient (Wildman–Crippen LogP) is 3.79. The summed E-state index contributed by atoms with van der Waals surface area (Å²) >= 11 is 0. The Labute approximate surface area is 229 Å². The molecule has 0 saturated carbocycles. The fourth-order valence-electron chi connectivity index (χ4n) is 5.91. The van der Waals surface area contributed by atoms with E-state index in [2.05, 4.69) is 41.2 Å². The van der Waals surface area contributed by atoms with E-state index < -0.39 is 5.54 Å². The van der Waals surface area contributed by atoms with Gasteiger partial charge in [-0.25, -0.2) is 5.10 Å². The van der Waals surface area contributed by atoms with Crippen LogP contribution in [-0.4, -0.2) is 58.8 Å². The van der Waals surface area contributed by atoms with E-state index in [1.54, 1.807) is 25.3 Å². The third-order valence-corrected chi connectivity index (χ3v) is 8.12. The number of methoxy groups -OCH3 is 1. The van der Waals surface area contributed by atoms with Crippen molar-refractivity contribution in [2.24, 2.45) is 5.41 Å². The Morgan fingerprint density at radius 3 is 2.72 bits per heavy atom. The van der Waals surface area contributed by atoms with Crippen LogP contribution in [0, 0.1) is 19.3 Å². The molecule has 2 N–H and O–H groups in total. The monoisotopic (exact) mass is 530 g/mol. The first-order valence-electron chi connectivity index (χ1n) is 13.3. The molecule has 2 amide bonds. The number of aromatic amines is 1. The normalized spacial score (nSPS) is 24.1. The van der Waals surface area contributed by atoms with Gasteiger partial charge in [-0.3, -0.25) is 14.4 Å². The van der Waals surface area contributed by atoms with Crippen molar-refractivity contribution in [3.8, 4) is 0 Å². The highest BCUT2D eigenvalue weighted by Crippen LogP contribution is 2.46. The zero-order valence-electron chi connectivity index (χ0n) is 23.3. The van der Waals surface area contributed by atoms with Crippen molar-refractivity contribution >= 4 is 11.8 Å². The Hall–Kier alpha value is -3.78. The molecule has 4 rings (SSSR count). The topological polar surface area (TPSA) is 104 Å². The number of hydrogen-bond donors (Lipinski definition) is 2. The summed E-state index contributed by atoms with van der Waals surface area (Å²) in [4.78, 5) is 40.8. The SMILES string of the molecule is C=C[C@@]1(COC)CC[C@@H](C2(C)C=CC=CC2)N1C(=O)CNC(=O)c1ccc(Cc2cc(C)n[nH]c2=O)c(C)c1. The van der Waals surface area contributed by atoms with E-state index in [0.717, 1.165) is 36.1 Å². The van der Waals surface area contributed by atoms with E-state index in [4.69, 9.17) is 4.74 Å². The third kappa shape index (κ3) is 5.81. The Bertz CT molecular complexity index is 1380. The molecule has 1 unspecified atom stereocenters. The van der Waals surface area contributed by atoms with Crippen LogP contribution < -0.4 is 10.9 Å². The van der Waals surface area contributed by atoms with E-state index in [9.17, 15) is 14.4 Å². The standard InChI is InChI=1S/C31H38N4O4/c1-6-31(20-39-5)15-12-26(30(4)13-8-7-9-14-30)35(31)27(36)19-32-28(37)24-11-10-23(21(2)16-24)18-25-17-22(3)33-34-29(25)38/h6-11,13,16-17,26H,1,12,14-15,18-20H2,2-5H3,(H,32,37)(H,34,38)/t26-,30?,31-/m0/s1. The Balaban J connectivity index is 1.49. The summed E-state index contributed by atoms with van der Waals surface area (Å²) in [5, 5.41) is 9.26. The quantitative estimate of drug-likeness (QED) is 0.480. The van der Waals surface area contributed by atoms with Gasteiger partial charge in [0.25, 0.3) is 11.5 Å².